The number of carbonyl (C=O) groups excluding carboxylic acids is 1. The van der Waals surface area contributed by atoms with Crippen LogP contribution in [0.25, 0.3) is 0 Å². The van der Waals surface area contributed by atoms with Gasteiger partial charge in [0.2, 0.25) is 0 Å². The number of amides is 2. The van der Waals surface area contributed by atoms with Crippen molar-refractivity contribution < 1.29 is 19.8 Å². The van der Waals surface area contributed by atoms with E-state index < -0.39 is 24.1 Å². The van der Waals surface area contributed by atoms with Crippen LogP contribution in [0.4, 0.5) is 10.5 Å². The third-order valence-corrected chi connectivity index (χ3v) is 3.89. The van der Waals surface area contributed by atoms with Gasteiger partial charge < -0.3 is 20.4 Å². The van der Waals surface area contributed by atoms with Crippen LogP contribution in [0.2, 0.25) is 5.02 Å². The zero-order valence-electron chi connectivity index (χ0n) is 10.2. The van der Waals surface area contributed by atoms with E-state index in [2.05, 4.69) is 21.2 Å². The van der Waals surface area contributed by atoms with Crippen LogP contribution < -0.4 is 5.32 Å². The summed E-state index contributed by atoms with van der Waals surface area (Å²) in [4.78, 5) is 24.3. The average molecular weight is 364 g/mol. The molecule has 1 aromatic carbocycles. The summed E-state index contributed by atoms with van der Waals surface area (Å²) in [7, 11) is 0. The van der Waals surface area contributed by atoms with Crippen LogP contribution in [-0.2, 0) is 4.79 Å². The highest BCUT2D eigenvalue weighted by atomic mass is 79.9. The van der Waals surface area contributed by atoms with Gasteiger partial charge in [-0.15, -0.1) is 0 Å². The van der Waals surface area contributed by atoms with Gasteiger partial charge in [-0.1, -0.05) is 11.6 Å². The summed E-state index contributed by atoms with van der Waals surface area (Å²) in [6.45, 7) is -0.00594. The van der Waals surface area contributed by atoms with E-state index >= 15 is 0 Å². The van der Waals surface area contributed by atoms with E-state index in [1.54, 1.807) is 18.2 Å². The Morgan fingerprint density at radius 3 is 2.75 bits per heavy atom. The van der Waals surface area contributed by atoms with Crippen LogP contribution in [-0.4, -0.2) is 45.8 Å². The summed E-state index contributed by atoms with van der Waals surface area (Å²) in [6.07, 6.45) is -0.791. The lowest BCUT2D eigenvalue weighted by Crippen LogP contribution is -2.43. The van der Waals surface area contributed by atoms with Crippen molar-refractivity contribution in [3.8, 4) is 0 Å². The summed E-state index contributed by atoms with van der Waals surface area (Å²) in [6, 6.07) is 3.24. The Morgan fingerprint density at radius 2 is 2.15 bits per heavy atom. The van der Waals surface area contributed by atoms with Crippen molar-refractivity contribution in [3.63, 3.8) is 0 Å². The molecule has 1 aromatic rings. The van der Waals surface area contributed by atoms with Crippen molar-refractivity contribution in [1.29, 1.82) is 0 Å². The number of nitrogens with one attached hydrogen (secondary N) is 1. The summed E-state index contributed by atoms with van der Waals surface area (Å²) in [5.74, 6) is -1.13. The van der Waals surface area contributed by atoms with E-state index in [4.69, 9.17) is 16.7 Å². The van der Waals surface area contributed by atoms with Crippen molar-refractivity contribution in [1.82, 2.24) is 4.90 Å². The first-order valence-electron chi connectivity index (χ1n) is 5.82. The Balaban J connectivity index is 2.13. The topological polar surface area (TPSA) is 89.9 Å². The van der Waals surface area contributed by atoms with Gasteiger partial charge in [0, 0.05) is 22.5 Å². The molecule has 1 saturated heterocycles. The number of aliphatic hydroxyl groups is 1. The van der Waals surface area contributed by atoms with Gasteiger partial charge in [-0.2, -0.15) is 0 Å². The molecule has 0 radical (unpaired) electrons. The van der Waals surface area contributed by atoms with Crippen LogP contribution in [0.15, 0.2) is 22.7 Å². The fourth-order valence-electron chi connectivity index (χ4n) is 2.05. The molecule has 2 amide bonds. The van der Waals surface area contributed by atoms with Crippen molar-refractivity contribution >= 4 is 45.2 Å². The van der Waals surface area contributed by atoms with Crippen LogP contribution >= 0.6 is 27.5 Å². The number of benzene rings is 1. The van der Waals surface area contributed by atoms with Gasteiger partial charge in [0.1, 0.15) is 6.04 Å². The van der Waals surface area contributed by atoms with E-state index in [1.807, 2.05) is 0 Å². The van der Waals surface area contributed by atoms with E-state index in [-0.39, 0.29) is 13.0 Å². The molecular formula is C12H12BrClN2O4. The molecule has 0 unspecified atom stereocenters. The maximum absolute atomic E-state index is 12.1. The average Bonchev–Trinajstić information content (AvgIpc) is 2.75. The first kappa shape index (κ1) is 15.1. The maximum Gasteiger partial charge on any atom is 0.326 e. The molecule has 6 nitrogen and oxygen atoms in total. The van der Waals surface area contributed by atoms with Gasteiger partial charge in [0.25, 0.3) is 0 Å². The van der Waals surface area contributed by atoms with E-state index in [1.165, 1.54) is 0 Å². The molecule has 1 aliphatic heterocycles. The molecule has 0 aliphatic carbocycles. The SMILES string of the molecule is O=C(O)[C@@H]1C[C@H](O)CN1C(=O)Nc1ccc(Cl)cc1Br. The highest BCUT2D eigenvalue weighted by Crippen LogP contribution is 2.27. The number of likely N-dealkylation sites (tertiary alicyclic amines) is 1. The Morgan fingerprint density at radius 1 is 1.45 bits per heavy atom. The number of urea groups is 1. The molecule has 2 atom stereocenters. The minimum atomic E-state index is -1.13. The first-order chi connectivity index (χ1) is 9.38. The molecule has 0 bridgehead atoms. The molecule has 1 fully saturated rings. The lowest BCUT2D eigenvalue weighted by Gasteiger charge is -2.22. The zero-order chi connectivity index (χ0) is 14.9. The third kappa shape index (κ3) is 3.23. The second-order valence-electron chi connectivity index (χ2n) is 4.45. The number of hydrogen-bond donors (Lipinski definition) is 3. The van der Waals surface area contributed by atoms with Gasteiger partial charge in [0.05, 0.1) is 11.8 Å². The predicted molar refractivity (Wildman–Crippen MR) is 76.9 cm³/mol. The standard InChI is InChI=1S/C12H12BrClN2O4/c13-8-3-6(14)1-2-9(8)15-12(20)16-5-7(17)4-10(16)11(18)19/h1-3,7,10,17H,4-5H2,(H,15,20)(H,18,19)/t7-,10-/m0/s1. The lowest BCUT2D eigenvalue weighted by molar-refractivity contribution is -0.141. The zero-order valence-corrected chi connectivity index (χ0v) is 12.6. The molecule has 0 saturated carbocycles. The normalized spacial score (nSPS) is 21.9. The first-order valence-corrected chi connectivity index (χ1v) is 6.99. The number of aliphatic carboxylic acids is 1. The quantitative estimate of drug-likeness (QED) is 0.751. The summed E-state index contributed by atoms with van der Waals surface area (Å²) in [5, 5.41) is 21.7. The Labute approximate surface area is 128 Å². The monoisotopic (exact) mass is 362 g/mol. The van der Waals surface area contributed by atoms with Crippen molar-refractivity contribution in [2.75, 3.05) is 11.9 Å². The van der Waals surface area contributed by atoms with Crippen LogP contribution in [0, 0.1) is 0 Å². The Hall–Kier alpha value is -1.31. The molecule has 108 valence electrons. The van der Waals surface area contributed by atoms with Crippen molar-refractivity contribution in [3.05, 3.63) is 27.7 Å². The molecule has 8 heteroatoms. The minimum absolute atomic E-state index is 0.00594. The Kier molecular flexibility index (Phi) is 4.52. The summed E-state index contributed by atoms with van der Waals surface area (Å²) < 4.78 is 0.588. The van der Waals surface area contributed by atoms with Gasteiger partial charge in [-0.25, -0.2) is 9.59 Å². The molecule has 20 heavy (non-hydrogen) atoms. The molecule has 1 aliphatic rings. The molecule has 0 spiro atoms. The number of rotatable bonds is 2. The number of anilines is 1. The maximum atomic E-state index is 12.1. The van der Waals surface area contributed by atoms with Crippen LogP contribution in [0.5, 0.6) is 0 Å². The molecule has 3 N–H and O–H groups in total. The lowest BCUT2D eigenvalue weighted by atomic mass is 10.2. The van der Waals surface area contributed by atoms with Crippen LogP contribution in [0.3, 0.4) is 0 Å². The number of β-amino-alcohol motifs (C(OH)–C–C–N with tert-alkyl or cyclic N) is 1. The summed E-state index contributed by atoms with van der Waals surface area (Å²) >= 11 is 9.06. The van der Waals surface area contributed by atoms with E-state index in [9.17, 15) is 14.7 Å². The number of halogens is 2. The van der Waals surface area contributed by atoms with Gasteiger partial charge in [0.15, 0.2) is 0 Å². The van der Waals surface area contributed by atoms with Gasteiger partial charge in [-0.3, -0.25) is 0 Å². The van der Waals surface area contributed by atoms with Crippen molar-refractivity contribution in [2.24, 2.45) is 0 Å². The second-order valence-corrected chi connectivity index (χ2v) is 5.74. The highest BCUT2D eigenvalue weighted by molar-refractivity contribution is 9.10. The number of aliphatic hydroxyl groups excluding tert-OH is 1. The molecular weight excluding hydrogens is 351 g/mol. The fraction of sp³-hybridized carbons (Fsp3) is 0.333. The molecule has 0 aromatic heterocycles. The van der Waals surface area contributed by atoms with E-state index in [0.29, 0.717) is 15.2 Å². The van der Waals surface area contributed by atoms with Crippen molar-refractivity contribution in [2.45, 2.75) is 18.6 Å². The number of hydrogen-bond acceptors (Lipinski definition) is 3. The Bertz CT molecular complexity index is 554. The minimum Gasteiger partial charge on any atom is -0.480 e. The van der Waals surface area contributed by atoms with E-state index in [0.717, 1.165) is 4.90 Å². The largest absolute Gasteiger partial charge is 0.480 e. The molecule has 2 rings (SSSR count). The molecule has 1 heterocycles. The van der Waals surface area contributed by atoms with Crippen LogP contribution in [0.1, 0.15) is 6.42 Å². The van der Waals surface area contributed by atoms with Gasteiger partial charge >= 0.3 is 12.0 Å². The third-order valence-electron chi connectivity index (χ3n) is 3.00. The summed E-state index contributed by atoms with van der Waals surface area (Å²) in [5.41, 5.74) is 0.477. The number of carboxylic acid groups (broad SMARTS) is 1. The smallest absolute Gasteiger partial charge is 0.326 e. The number of carboxylic acids is 1. The fourth-order valence-corrected chi connectivity index (χ4v) is 2.83. The second kappa shape index (κ2) is 5.99. The van der Waals surface area contributed by atoms with Gasteiger partial charge in [-0.05, 0) is 34.1 Å². The number of nitrogens with zero attached hydrogens (tertiary/aromatic N) is 1. The predicted octanol–water partition coefficient (Wildman–Crippen LogP) is 2.15. The highest BCUT2D eigenvalue weighted by Gasteiger charge is 2.39. The number of carbonyl (C=O) groups is 2.